The fraction of sp³-hybridized carbons (Fsp3) is 0.727. The van der Waals surface area contributed by atoms with Gasteiger partial charge in [-0.2, -0.15) is 0 Å². The van der Waals surface area contributed by atoms with E-state index in [1.807, 2.05) is 0 Å². The lowest BCUT2D eigenvalue weighted by Crippen LogP contribution is -2.49. The van der Waals surface area contributed by atoms with Gasteiger partial charge in [0.25, 0.3) is 0 Å². The van der Waals surface area contributed by atoms with E-state index in [-0.39, 0.29) is 12.8 Å². The van der Waals surface area contributed by atoms with Crippen molar-refractivity contribution in [3.8, 4) is 0 Å². The Morgan fingerprint density at radius 2 is 1.85 bits per heavy atom. The number of nitrogens with zero attached hydrogens (tertiary/aromatic N) is 1. The van der Waals surface area contributed by atoms with Crippen molar-refractivity contribution in [1.29, 1.82) is 0 Å². The predicted octanol–water partition coefficient (Wildman–Crippen LogP) is 2.44. The number of esters is 1. The standard InChI is InChI=1S/C11H14Cl3NO5/c1-10(2,11(12,13)14)20-9(18)15-6(8(17)19-3)4-5-7(15)16/h6H,4-5H2,1-3H3/t6-/m1/s1. The van der Waals surface area contributed by atoms with E-state index >= 15 is 0 Å². The molecule has 9 heteroatoms. The molecule has 0 aromatic rings. The number of likely N-dealkylation sites (tertiary alicyclic amines) is 1. The number of ether oxygens (including phenoxy) is 2. The Morgan fingerprint density at radius 3 is 2.30 bits per heavy atom. The van der Waals surface area contributed by atoms with Gasteiger partial charge in [-0.05, 0) is 20.3 Å². The third-order valence-corrected chi connectivity index (χ3v) is 4.27. The van der Waals surface area contributed by atoms with E-state index in [4.69, 9.17) is 39.5 Å². The number of hydrogen-bond donors (Lipinski definition) is 0. The van der Waals surface area contributed by atoms with E-state index in [1.165, 1.54) is 21.0 Å². The molecule has 6 nitrogen and oxygen atoms in total. The highest BCUT2D eigenvalue weighted by Gasteiger charge is 2.48. The minimum absolute atomic E-state index is 0.0447. The zero-order valence-corrected chi connectivity index (χ0v) is 13.4. The van der Waals surface area contributed by atoms with Gasteiger partial charge in [0.2, 0.25) is 9.70 Å². The van der Waals surface area contributed by atoms with Gasteiger partial charge in [0.1, 0.15) is 6.04 Å². The quantitative estimate of drug-likeness (QED) is 0.567. The minimum atomic E-state index is -1.88. The van der Waals surface area contributed by atoms with Crippen LogP contribution in [-0.2, 0) is 19.1 Å². The van der Waals surface area contributed by atoms with Crippen molar-refractivity contribution >= 4 is 52.8 Å². The molecule has 0 aliphatic carbocycles. The van der Waals surface area contributed by atoms with Crippen LogP contribution < -0.4 is 0 Å². The molecule has 1 atom stereocenters. The summed E-state index contributed by atoms with van der Waals surface area (Å²) < 4.78 is 7.70. The molecule has 0 aromatic heterocycles. The van der Waals surface area contributed by atoms with E-state index in [9.17, 15) is 14.4 Å². The second-order valence-electron chi connectivity index (χ2n) is 4.72. The monoisotopic (exact) mass is 345 g/mol. The van der Waals surface area contributed by atoms with Crippen molar-refractivity contribution in [3.63, 3.8) is 0 Å². The van der Waals surface area contributed by atoms with Gasteiger partial charge in [-0.25, -0.2) is 14.5 Å². The number of amides is 2. The van der Waals surface area contributed by atoms with E-state index in [1.54, 1.807) is 0 Å². The Labute approximate surface area is 131 Å². The summed E-state index contributed by atoms with van der Waals surface area (Å²) in [5.41, 5.74) is -1.47. The smallest absolute Gasteiger partial charge is 0.418 e. The van der Waals surface area contributed by atoms with Crippen molar-refractivity contribution in [2.24, 2.45) is 0 Å². The maximum atomic E-state index is 12.0. The van der Waals surface area contributed by atoms with Gasteiger partial charge in [-0.1, -0.05) is 34.8 Å². The third kappa shape index (κ3) is 3.48. The summed E-state index contributed by atoms with van der Waals surface area (Å²) in [6, 6.07) is -1.01. The Kier molecular flexibility index (Phi) is 5.16. The van der Waals surface area contributed by atoms with Crippen LogP contribution in [0.25, 0.3) is 0 Å². The van der Waals surface area contributed by atoms with Crippen LogP contribution in [0.4, 0.5) is 4.79 Å². The van der Waals surface area contributed by atoms with Crippen LogP contribution in [0.2, 0.25) is 0 Å². The average Bonchev–Trinajstić information content (AvgIpc) is 2.68. The van der Waals surface area contributed by atoms with Crippen LogP contribution in [0.1, 0.15) is 26.7 Å². The first-order valence-electron chi connectivity index (χ1n) is 5.71. The molecule has 0 N–H and O–H groups in total. The highest BCUT2D eigenvalue weighted by atomic mass is 35.6. The number of alkyl halides is 3. The number of rotatable bonds is 2. The van der Waals surface area contributed by atoms with Crippen molar-refractivity contribution in [2.75, 3.05) is 7.11 Å². The summed E-state index contributed by atoms with van der Waals surface area (Å²) in [6.07, 6.45) is -0.822. The summed E-state index contributed by atoms with van der Waals surface area (Å²) in [4.78, 5) is 36.0. The molecule has 0 radical (unpaired) electrons. The number of carbonyl (C=O) groups excluding carboxylic acids is 3. The second kappa shape index (κ2) is 5.95. The van der Waals surface area contributed by atoms with Gasteiger partial charge in [0.15, 0.2) is 5.60 Å². The maximum Gasteiger partial charge on any atom is 0.418 e. The minimum Gasteiger partial charge on any atom is -0.467 e. The summed E-state index contributed by atoms with van der Waals surface area (Å²) in [7, 11) is 1.17. The molecule has 1 heterocycles. The molecule has 2 amide bonds. The maximum absolute atomic E-state index is 12.0. The van der Waals surface area contributed by atoms with Gasteiger partial charge >= 0.3 is 12.1 Å². The summed E-state index contributed by atoms with van der Waals surface area (Å²) in [5.74, 6) is -1.23. The first-order valence-corrected chi connectivity index (χ1v) is 6.84. The molecule has 1 saturated heterocycles. The van der Waals surface area contributed by atoms with Crippen LogP contribution in [0.3, 0.4) is 0 Å². The molecule has 0 aromatic carbocycles. The predicted molar refractivity (Wildman–Crippen MR) is 72.7 cm³/mol. The zero-order chi connectivity index (χ0) is 15.7. The summed E-state index contributed by atoms with van der Waals surface area (Å²) in [5, 5.41) is 0. The van der Waals surface area contributed by atoms with Crippen molar-refractivity contribution in [3.05, 3.63) is 0 Å². The fourth-order valence-electron chi connectivity index (χ4n) is 1.60. The third-order valence-electron chi connectivity index (χ3n) is 2.91. The number of halogens is 3. The molecular weight excluding hydrogens is 332 g/mol. The van der Waals surface area contributed by atoms with Crippen LogP contribution >= 0.6 is 34.8 Å². The van der Waals surface area contributed by atoms with E-state index < -0.39 is 33.4 Å². The van der Waals surface area contributed by atoms with E-state index in [2.05, 4.69) is 4.74 Å². The molecule has 1 aliphatic heterocycles. The highest BCUT2D eigenvalue weighted by molar-refractivity contribution is 6.68. The lowest BCUT2D eigenvalue weighted by atomic mass is 10.2. The highest BCUT2D eigenvalue weighted by Crippen LogP contribution is 2.41. The Morgan fingerprint density at radius 1 is 1.30 bits per heavy atom. The summed E-state index contributed by atoms with van der Waals surface area (Å²) in [6.45, 7) is 2.76. The van der Waals surface area contributed by atoms with Gasteiger partial charge in [-0.15, -0.1) is 0 Å². The molecule has 20 heavy (non-hydrogen) atoms. The molecule has 0 bridgehead atoms. The van der Waals surface area contributed by atoms with Gasteiger partial charge in [0, 0.05) is 6.42 Å². The van der Waals surface area contributed by atoms with E-state index in [0.29, 0.717) is 4.90 Å². The van der Waals surface area contributed by atoms with Gasteiger partial charge in [0.05, 0.1) is 7.11 Å². The molecule has 0 spiro atoms. The lowest BCUT2D eigenvalue weighted by molar-refractivity contribution is -0.148. The SMILES string of the molecule is COC(=O)[C@H]1CCC(=O)N1C(=O)OC(C)(C)C(Cl)(Cl)Cl. The molecule has 0 saturated carbocycles. The van der Waals surface area contributed by atoms with Gasteiger partial charge in [-0.3, -0.25) is 4.79 Å². The van der Waals surface area contributed by atoms with Crippen LogP contribution in [0.15, 0.2) is 0 Å². The largest absolute Gasteiger partial charge is 0.467 e. The lowest BCUT2D eigenvalue weighted by Gasteiger charge is -2.33. The first-order chi connectivity index (χ1) is 9.01. The molecule has 1 aliphatic rings. The number of methoxy groups -OCH3 is 1. The molecular formula is C11H14Cl3NO5. The molecule has 0 unspecified atom stereocenters. The van der Waals surface area contributed by atoms with Crippen LogP contribution in [0.5, 0.6) is 0 Å². The normalized spacial score (nSPS) is 20.0. The Bertz CT molecular complexity index is 432. The summed E-state index contributed by atoms with van der Waals surface area (Å²) >= 11 is 17.1. The Balaban J connectivity index is 2.90. The molecule has 1 rings (SSSR count). The topological polar surface area (TPSA) is 72.9 Å². The van der Waals surface area contributed by atoms with Crippen molar-refractivity contribution < 1.29 is 23.9 Å². The second-order valence-corrected chi connectivity index (χ2v) is 7.00. The van der Waals surface area contributed by atoms with Gasteiger partial charge < -0.3 is 9.47 Å². The van der Waals surface area contributed by atoms with Crippen molar-refractivity contribution in [2.45, 2.75) is 42.1 Å². The van der Waals surface area contributed by atoms with Crippen molar-refractivity contribution in [1.82, 2.24) is 4.90 Å². The van der Waals surface area contributed by atoms with E-state index in [0.717, 1.165) is 0 Å². The zero-order valence-electron chi connectivity index (χ0n) is 11.1. The number of hydrogen-bond acceptors (Lipinski definition) is 5. The Hall–Kier alpha value is -0.720. The number of imide groups is 1. The first kappa shape index (κ1) is 17.3. The fourth-order valence-corrected chi connectivity index (χ4v) is 1.71. The molecule has 1 fully saturated rings. The molecule has 114 valence electrons. The van der Waals surface area contributed by atoms with Crippen LogP contribution in [-0.4, -0.2) is 45.4 Å². The van der Waals surface area contributed by atoms with Crippen LogP contribution in [0, 0.1) is 0 Å². The average molecular weight is 347 g/mol. The number of carbonyl (C=O) groups is 3.